The Morgan fingerprint density at radius 2 is 1.92 bits per heavy atom. The fourth-order valence-corrected chi connectivity index (χ4v) is 3.55. The summed E-state index contributed by atoms with van der Waals surface area (Å²) in [5.41, 5.74) is 3.59. The van der Waals surface area contributed by atoms with Crippen molar-refractivity contribution in [3.8, 4) is 0 Å². The normalized spacial score (nSPS) is 18.4. The van der Waals surface area contributed by atoms with Gasteiger partial charge in [-0.1, -0.05) is 18.2 Å². The number of nitrogens with one attached hydrogen (secondary N) is 1. The van der Waals surface area contributed by atoms with Crippen molar-refractivity contribution < 1.29 is 9.59 Å². The monoisotopic (exact) mass is 351 g/mol. The molecular formula is C19H21N5O2. The third-order valence-electron chi connectivity index (χ3n) is 4.91. The van der Waals surface area contributed by atoms with Gasteiger partial charge in [-0.2, -0.15) is 0 Å². The van der Waals surface area contributed by atoms with E-state index in [2.05, 4.69) is 26.5 Å². The van der Waals surface area contributed by atoms with Crippen LogP contribution < -0.4 is 10.2 Å². The van der Waals surface area contributed by atoms with Crippen LogP contribution in [0.5, 0.6) is 0 Å². The molecule has 3 heterocycles. The zero-order chi connectivity index (χ0) is 18.1. The van der Waals surface area contributed by atoms with E-state index in [1.54, 1.807) is 11.1 Å². The van der Waals surface area contributed by atoms with Gasteiger partial charge in [-0.05, 0) is 24.5 Å². The number of anilines is 1. The molecule has 0 aromatic heterocycles. The highest BCUT2D eigenvalue weighted by Crippen LogP contribution is 2.31. The number of amides is 2. The van der Waals surface area contributed by atoms with E-state index >= 15 is 0 Å². The van der Waals surface area contributed by atoms with Crippen molar-refractivity contribution >= 4 is 17.5 Å². The number of rotatable bonds is 4. The largest absolute Gasteiger partial charge is 0.371 e. The van der Waals surface area contributed by atoms with Crippen LogP contribution in [0.15, 0.2) is 57.8 Å². The molecule has 134 valence electrons. The number of hydrogen-bond donors (Lipinski definition) is 1. The Morgan fingerprint density at radius 3 is 2.69 bits per heavy atom. The number of para-hydroxylation sites is 1. The van der Waals surface area contributed by atoms with Crippen LogP contribution in [0.1, 0.15) is 25.3 Å². The molecule has 1 N–H and O–H groups in total. The zero-order valence-corrected chi connectivity index (χ0v) is 14.7. The van der Waals surface area contributed by atoms with Crippen molar-refractivity contribution in [2.24, 2.45) is 10.2 Å². The summed E-state index contributed by atoms with van der Waals surface area (Å²) in [6.07, 6.45) is 4.34. The molecule has 3 aliphatic heterocycles. The molecule has 2 amide bonds. The molecule has 7 heteroatoms. The Hall–Kier alpha value is -2.96. The van der Waals surface area contributed by atoms with Gasteiger partial charge in [0.2, 0.25) is 11.8 Å². The van der Waals surface area contributed by atoms with Gasteiger partial charge < -0.3 is 15.1 Å². The first-order valence-electron chi connectivity index (χ1n) is 8.89. The summed E-state index contributed by atoms with van der Waals surface area (Å²) in [6, 6.07) is 8.05. The van der Waals surface area contributed by atoms with Gasteiger partial charge in [0.25, 0.3) is 0 Å². The number of carbonyl (C=O) groups is 2. The van der Waals surface area contributed by atoms with Crippen LogP contribution in [-0.2, 0) is 16.0 Å². The maximum absolute atomic E-state index is 12.6. The Labute approximate surface area is 152 Å². The number of fused-ring (bicyclic) bond motifs is 1. The van der Waals surface area contributed by atoms with E-state index in [0.29, 0.717) is 18.1 Å². The molecule has 0 aliphatic carbocycles. The molecule has 1 aromatic carbocycles. The summed E-state index contributed by atoms with van der Waals surface area (Å²) < 4.78 is 0. The van der Waals surface area contributed by atoms with Gasteiger partial charge >= 0.3 is 0 Å². The lowest BCUT2D eigenvalue weighted by molar-refractivity contribution is -0.125. The quantitative estimate of drug-likeness (QED) is 0.904. The lowest BCUT2D eigenvalue weighted by Crippen LogP contribution is -2.27. The fourth-order valence-electron chi connectivity index (χ4n) is 3.55. The molecule has 0 radical (unpaired) electrons. The number of hydrogen-bond acceptors (Lipinski definition) is 5. The van der Waals surface area contributed by atoms with Gasteiger partial charge in [-0.15, -0.1) is 10.2 Å². The first-order chi connectivity index (χ1) is 12.6. The molecule has 0 saturated carbocycles. The molecule has 0 unspecified atom stereocenters. The zero-order valence-electron chi connectivity index (χ0n) is 14.7. The lowest BCUT2D eigenvalue weighted by Gasteiger charge is -2.21. The van der Waals surface area contributed by atoms with Gasteiger partial charge in [0, 0.05) is 37.5 Å². The second-order valence-corrected chi connectivity index (χ2v) is 6.74. The Bertz CT molecular complexity index is 849. The lowest BCUT2D eigenvalue weighted by atomic mass is 10.1. The number of azo groups is 1. The molecular weight excluding hydrogens is 330 g/mol. The van der Waals surface area contributed by atoms with Crippen molar-refractivity contribution in [2.75, 3.05) is 24.5 Å². The van der Waals surface area contributed by atoms with Crippen LogP contribution in [-0.4, -0.2) is 36.3 Å². The van der Waals surface area contributed by atoms with Gasteiger partial charge in [-0.25, -0.2) is 0 Å². The van der Waals surface area contributed by atoms with Crippen LogP contribution >= 0.6 is 0 Å². The minimum absolute atomic E-state index is 0.0557. The molecule has 0 atom stereocenters. The van der Waals surface area contributed by atoms with Crippen LogP contribution in [0.4, 0.5) is 5.69 Å². The molecule has 0 bridgehead atoms. The van der Waals surface area contributed by atoms with Crippen molar-refractivity contribution in [1.29, 1.82) is 0 Å². The predicted molar refractivity (Wildman–Crippen MR) is 97.1 cm³/mol. The molecule has 0 spiro atoms. The molecule has 4 rings (SSSR count). The van der Waals surface area contributed by atoms with Crippen molar-refractivity contribution in [3.63, 3.8) is 0 Å². The van der Waals surface area contributed by atoms with E-state index in [1.165, 1.54) is 19.8 Å². The molecule has 1 fully saturated rings. The summed E-state index contributed by atoms with van der Waals surface area (Å²) in [5, 5.41) is 11.0. The summed E-state index contributed by atoms with van der Waals surface area (Å²) >= 11 is 0. The minimum atomic E-state index is -0.124. The van der Waals surface area contributed by atoms with E-state index in [-0.39, 0.29) is 18.2 Å². The summed E-state index contributed by atoms with van der Waals surface area (Å²) in [7, 11) is 0. The van der Waals surface area contributed by atoms with E-state index in [9.17, 15) is 9.59 Å². The van der Waals surface area contributed by atoms with Crippen molar-refractivity contribution in [3.05, 3.63) is 53.1 Å². The average molecular weight is 351 g/mol. The van der Waals surface area contributed by atoms with Gasteiger partial charge in [0.1, 0.15) is 5.70 Å². The van der Waals surface area contributed by atoms with E-state index < -0.39 is 0 Å². The van der Waals surface area contributed by atoms with Crippen molar-refractivity contribution in [2.45, 2.75) is 26.2 Å². The van der Waals surface area contributed by atoms with E-state index in [4.69, 9.17) is 0 Å². The molecule has 7 nitrogen and oxygen atoms in total. The number of benzene rings is 1. The van der Waals surface area contributed by atoms with E-state index in [1.807, 2.05) is 18.2 Å². The topological polar surface area (TPSA) is 77.4 Å². The predicted octanol–water partition coefficient (Wildman–Crippen LogP) is 2.33. The van der Waals surface area contributed by atoms with Crippen LogP contribution in [0.2, 0.25) is 0 Å². The second-order valence-electron chi connectivity index (χ2n) is 6.74. The maximum Gasteiger partial charge on any atom is 0.230 e. The van der Waals surface area contributed by atoms with E-state index in [0.717, 1.165) is 29.9 Å². The summed E-state index contributed by atoms with van der Waals surface area (Å²) in [4.78, 5) is 28.0. The van der Waals surface area contributed by atoms with Gasteiger partial charge in [0.05, 0.1) is 13.0 Å². The molecule has 26 heavy (non-hydrogen) atoms. The Kier molecular flexibility index (Phi) is 4.28. The van der Waals surface area contributed by atoms with Gasteiger partial charge in [0.15, 0.2) is 5.82 Å². The highest BCUT2D eigenvalue weighted by atomic mass is 16.2. The fraction of sp³-hybridized carbons (Fsp3) is 0.368. The Balaban J connectivity index is 1.47. The highest BCUT2D eigenvalue weighted by Gasteiger charge is 2.29. The smallest absolute Gasteiger partial charge is 0.230 e. The minimum Gasteiger partial charge on any atom is -0.371 e. The van der Waals surface area contributed by atoms with Gasteiger partial charge in [-0.3, -0.25) is 9.59 Å². The number of nitrogens with zero attached hydrogens (tertiary/aromatic N) is 4. The molecule has 1 saturated heterocycles. The van der Waals surface area contributed by atoms with Crippen LogP contribution in [0.25, 0.3) is 0 Å². The van der Waals surface area contributed by atoms with Crippen LogP contribution in [0.3, 0.4) is 0 Å². The average Bonchev–Trinajstić information content (AvgIpc) is 3.33. The standard InChI is InChI=1S/C19H21N5O2/c1-13(25)24-11-15-16(12-24)21-22-19(15)20-18(26)10-14-6-2-3-7-17(14)23-8-4-5-9-23/h2-3,6-7,12H,4-5,8-11H2,1H3,(H,20,26). The summed E-state index contributed by atoms with van der Waals surface area (Å²) in [6.45, 7) is 3.98. The third kappa shape index (κ3) is 3.12. The molecule has 1 aromatic rings. The van der Waals surface area contributed by atoms with Crippen LogP contribution in [0, 0.1) is 0 Å². The van der Waals surface area contributed by atoms with Crippen molar-refractivity contribution in [1.82, 2.24) is 10.2 Å². The maximum atomic E-state index is 12.6. The third-order valence-corrected chi connectivity index (χ3v) is 4.91. The Morgan fingerprint density at radius 1 is 1.15 bits per heavy atom. The highest BCUT2D eigenvalue weighted by molar-refractivity contribution is 5.83. The summed E-state index contributed by atoms with van der Waals surface area (Å²) in [5.74, 6) is 0.268. The first kappa shape index (κ1) is 16.5. The number of carbonyl (C=O) groups excluding carboxylic acids is 2. The SMILES string of the molecule is CC(=O)N1C=C2N=NC(NC(=O)Cc3ccccc3N3CCCC3)=C2C1. The first-order valence-corrected chi connectivity index (χ1v) is 8.89. The second kappa shape index (κ2) is 6.74. The molecule has 3 aliphatic rings.